The first-order valence-electron chi connectivity index (χ1n) is 9.94. The Bertz CT molecular complexity index is 982. The van der Waals surface area contributed by atoms with Gasteiger partial charge in [0.2, 0.25) is 0 Å². The second-order valence-corrected chi connectivity index (χ2v) is 9.39. The van der Waals surface area contributed by atoms with Gasteiger partial charge >= 0.3 is 0 Å². The Kier molecular flexibility index (Phi) is 6.49. The SMILES string of the molecule is CCCN1C(=O)/C(=C\c2c(C)c(C#N)c(=O)n(C)c2N2CCC(C)CC2)SC1=S. The Morgan fingerprint density at radius 1 is 1.31 bits per heavy atom. The molecule has 0 spiro atoms. The zero-order valence-corrected chi connectivity index (χ0v) is 19.0. The minimum absolute atomic E-state index is 0.105. The van der Waals surface area contributed by atoms with Crippen molar-refractivity contribution in [1.29, 1.82) is 5.26 Å². The summed E-state index contributed by atoms with van der Waals surface area (Å²) in [6.45, 7) is 8.31. The molecule has 2 saturated heterocycles. The number of rotatable bonds is 4. The smallest absolute Gasteiger partial charge is 0.270 e. The van der Waals surface area contributed by atoms with Gasteiger partial charge in [0, 0.05) is 32.2 Å². The number of piperidine rings is 1. The van der Waals surface area contributed by atoms with Crippen molar-refractivity contribution in [2.24, 2.45) is 13.0 Å². The topological polar surface area (TPSA) is 69.3 Å². The van der Waals surface area contributed by atoms with E-state index in [1.807, 2.05) is 19.1 Å². The molecule has 154 valence electrons. The number of pyridine rings is 1. The van der Waals surface area contributed by atoms with Crippen LogP contribution in [-0.4, -0.2) is 39.3 Å². The number of carbonyl (C=O) groups excluding carboxylic acids is 1. The van der Waals surface area contributed by atoms with Gasteiger partial charge in [0.05, 0.1) is 4.91 Å². The predicted octanol–water partition coefficient (Wildman–Crippen LogP) is 3.41. The number of hydrogen-bond donors (Lipinski definition) is 0. The average Bonchev–Trinajstić information content (AvgIpc) is 2.95. The summed E-state index contributed by atoms with van der Waals surface area (Å²) in [4.78, 5) is 30.0. The van der Waals surface area contributed by atoms with Crippen LogP contribution in [0.1, 0.15) is 49.8 Å². The number of nitrogens with zero attached hydrogens (tertiary/aromatic N) is 4. The lowest BCUT2D eigenvalue weighted by molar-refractivity contribution is -0.122. The first-order valence-corrected chi connectivity index (χ1v) is 11.2. The van der Waals surface area contributed by atoms with Gasteiger partial charge in [-0.05, 0) is 43.7 Å². The standard InChI is InChI=1S/C21H26N4O2S2/c1-5-8-25-20(27)17(29-21(25)28)11-15-14(3)16(12-22)19(26)23(4)18(15)24-9-6-13(2)7-10-24/h11,13H,5-10H2,1-4H3/b17-11+. The fourth-order valence-electron chi connectivity index (χ4n) is 3.86. The number of hydrogen-bond acceptors (Lipinski definition) is 6. The van der Waals surface area contributed by atoms with Crippen molar-refractivity contribution in [1.82, 2.24) is 9.47 Å². The zero-order chi connectivity index (χ0) is 21.3. The molecule has 3 rings (SSSR count). The second-order valence-electron chi connectivity index (χ2n) is 7.72. The van der Waals surface area contributed by atoms with E-state index in [0.29, 0.717) is 27.3 Å². The maximum atomic E-state index is 12.9. The van der Waals surface area contributed by atoms with Crippen molar-refractivity contribution >= 4 is 46.1 Å². The molecule has 0 bridgehead atoms. The summed E-state index contributed by atoms with van der Waals surface area (Å²) in [6.07, 6.45) is 4.74. The third kappa shape index (κ3) is 3.99. The van der Waals surface area contributed by atoms with Crippen LogP contribution >= 0.6 is 24.0 Å². The summed E-state index contributed by atoms with van der Waals surface area (Å²) in [7, 11) is 1.70. The van der Waals surface area contributed by atoms with E-state index in [2.05, 4.69) is 11.8 Å². The Morgan fingerprint density at radius 2 is 1.97 bits per heavy atom. The normalized spacial score (nSPS) is 19.3. The van der Waals surface area contributed by atoms with Crippen molar-refractivity contribution in [2.75, 3.05) is 24.5 Å². The fourth-order valence-corrected chi connectivity index (χ4v) is 5.15. The lowest BCUT2D eigenvalue weighted by Crippen LogP contribution is -2.38. The summed E-state index contributed by atoms with van der Waals surface area (Å²) in [6, 6.07) is 2.05. The van der Waals surface area contributed by atoms with Gasteiger partial charge in [-0.15, -0.1) is 0 Å². The first-order chi connectivity index (χ1) is 13.8. The highest BCUT2D eigenvalue weighted by atomic mass is 32.2. The molecule has 2 aliphatic heterocycles. The highest BCUT2D eigenvalue weighted by molar-refractivity contribution is 8.26. The summed E-state index contributed by atoms with van der Waals surface area (Å²) in [5.74, 6) is 1.32. The van der Waals surface area contributed by atoms with Gasteiger partial charge < -0.3 is 4.90 Å². The van der Waals surface area contributed by atoms with Crippen molar-refractivity contribution in [3.63, 3.8) is 0 Å². The lowest BCUT2D eigenvalue weighted by atomic mass is 9.97. The number of thiocarbonyl (C=S) groups is 1. The molecule has 1 amide bonds. The molecule has 6 nitrogen and oxygen atoms in total. The largest absolute Gasteiger partial charge is 0.357 e. The van der Waals surface area contributed by atoms with E-state index < -0.39 is 0 Å². The number of nitriles is 1. The van der Waals surface area contributed by atoms with E-state index in [1.165, 1.54) is 11.8 Å². The molecule has 2 aliphatic rings. The molecule has 2 fully saturated rings. The Hall–Kier alpha value is -2.11. The molecule has 0 radical (unpaired) electrons. The van der Waals surface area contributed by atoms with E-state index in [-0.39, 0.29) is 17.0 Å². The number of thioether (sulfide) groups is 1. The Morgan fingerprint density at radius 3 is 2.55 bits per heavy atom. The molecule has 0 N–H and O–H groups in total. The number of anilines is 1. The fraction of sp³-hybridized carbons (Fsp3) is 0.524. The molecule has 8 heteroatoms. The molecule has 0 unspecified atom stereocenters. The van der Waals surface area contributed by atoms with Crippen LogP contribution in [-0.2, 0) is 11.8 Å². The molecule has 0 aromatic carbocycles. The zero-order valence-electron chi connectivity index (χ0n) is 17.3. The van der Waals surface area contributed by atoms with E-state index in [1.54, 1.807) is 23.4 Å². The maximum absolute atomic E-state index is 12.9. The van der Waals surface area contributed by atoms with Crippen molar-refractivity contribution in [2.45, 2.75) is 40.0 Å². The summed E-state index contributed by atoms with van der Waals surface area (Å²) in [5, 5.41) is 9.55. The summed E-state index contributed by atoms with van der Waals surface area (Å²) >= 11 is 6.67. The van der Waals surface area contributed by atoms with Crippen molar-refractivity contribution < 1.29 is 4.79 Å². The van der Waals surface area contributed by atoms with E-state index in [0.717, 1.165) is 43.7 Å². The van der Waals surface area contributed by atoms with Gasteiger partial charge in [-0.3, -0.25) is 19.1 Å². The summed E-state index contributed by atoms with van der Waals surface area (Å²) < 4.78 is 2.11. The molecule has 0 saturated carbocycles. The quantitative estimate of drug-likeness (QED) is 0.539. The van der Waals surface area contributed by atoms with Crippen LogP contribution in [0.15, 0.2) is 9.70 Å². The maximum Gasteiger partial charge on any atom is 0.270 e. The highest BCUT2D eigenvalue weighted by Gasteiger charge is 2.32. The average molecular weight is 431 g/mol. The molecule has 0 aliphatic carbocycles. The molecular weight excluding hydrogens is 404 g/mol. The number of amides is 1. The van der Waals surface area contributed by atoms with Crippen LogP contribution < -0.4 is 10.5 Å². The predicted molar refractivity (Wildman–Crippen MR) is 122 cm³/mol. The third-order valence-corrected chi connectivity index (χ3v) is 7.03. The van der Waals surface area contributed by atoms with Crippen LogP contribution in [0.3, 0.4) is 0 Å². The van der Waals surface area contributed by atoms with Gasteiger partial charge in [-0.1, -0.05) is 37.8 Å². The number of carbonyl (C=O) groups is 1. The van der Waals surface area contributed by atoms with Gasteiger partial charge in [-0.2, -0.15) is 5.26 Å². The Balaban J connectivity index is 2.16. The summed E-state index contributed by atoms with van der Waals surface area (Å²) in [5.41, 5.74) is 1.20. The second kappa shape index (κ2) is 8.72. The Labute approximate surface area is 181 Å². The van der Waals surface area contributed by atoms with Gasteiger partial charge in [0.1, 0.15) is 21.8 Å². The van der Waals surface area contributed by atoms with E-state index in [9.17, 15) is 14.9 Å². The molecule has 29 heavy (non-hydrogen) atoms. The molecule has 3 heterocycles. The number of aromatic nitrogens is 1. The van der Waals surface area contributed by atoms with Crippen molar-refractivity contribution in [3.8, 4) is 6.07 Å². The molecule has 0 atom stereocenters. The van der Waals surface area contributed by atoms with E-state index >= 15 is 0 Å². The van der Waals surface area contributed by atoms with Crippen LogP contribution in [0.5, 0.6) is 0 Å². The first kappa shape index (κ1) is 21.6. The van der Waals surface area contributed by atoms with Crippen LogP contribution in [0.2, 0.25) is 0 Å². The highest BCUT2D eigenvalue weighted by Crippen LogP contribution is 2.36. The van der Waals surface area contributed by atoms with Crippen LogP contribution in [0.4, 0.5) is 5.82 Å². The lowest BCUT2D eigenvalue weighted by Gasteiger charge is -2.34. The van der Waals surface area contributed by atoms with Gasteiger partial charge in [0.25, 0.3) is 11.5 Å². The van der Waals surface area contributed by atoms with Crippen molar-refractivity contribution in [3.05, 3.63) is 31.9 Å². The van der Waals surface area contributed by atoms with E-state index in [4.69, 9.17) is 12.2 Å². The molecule has 1 aromatic rings. The van der Waals surface area contributed by atoms with Crippen LogP contribution in [0.25, 0.3) is 6.08 Å². The third-order valence-electron chi connectivity index (χ3n) is 5.65. The minimum atomic E-state index is -0.297. The monoisotopic (exact) mass is 430 g/mol. The van der Waals surface area contributed by atoms with Gasteiger partial charge in [0.15, 0.2) is 0 Å². The van der Waals surface area contributed by atoms with Gasteiger partial charge in [-0.25, -0.2) is 0 Å². The molecule has 1 aromatic heterocycles. The minimum Gasteiger partial charge on any atom is -0.357 e. The van der Waals surface area contributed by atoms with Crippen LogP contribution in [0, 0.1) is 24.2 Å². The molecular formula is C21H26N4O2S2.